The molecule has 6 nitrogen and oxygen atoms in total. The fourth-order valence-corrected chi connectivity index (χ4v) is 2.60. The van der Waals surface area contributed by atoms with E-state index in [1.807, 2.05) is 31.2 Å². The van der Waals surface area contributed by atoms with Gasteiger partial charge >= 0.3 is 5.97 Å². The van der Waals surface area contributed by atoms with E-state index in [9.17, 15) is 9.59 Å². The molecule has 126 valence electrons. The molecule has 1 aliphatic rings. The van der Waals surface area contributed by atoms with Crippen molar-refractivity contribution in [2.24, 2.45) is 5.92 Å². The molecule has 6 heteroatoms. The number of ether oxygens (including phenoxy) is 2. The molecule has 0 unspecified atom stereocenters. The molecule has 1 aromatic rings. The van der Waals surface area contributed by atoms with E-state index in [0.717, 1.165) is 0 Å². The fourth-order valence-electron chi connectivity index (χ4n) is 2.60. The van der Waals surface area contributed by atoms with Crippen molar-refractivity contribution < 1.29 is 24.2 Å². The van der Waals surface area contributed by atoms with Crippen molar-refractivity contribution in [3.63, 3.8) is 0 Å². The van der Waals surface area contributed by atoms with Gasteiger partial charge in [-0.25, -0.2) is 0 Å². The standard InChI is InChI=1S/C17H23NO5/c1-2-22-14-6-3-4-7-15(14)23-11-5-8-16(19)18-10-9-13(12-18)17(20)21/h3-4,6-7,13H,2,5,8-12H2,1H3,(H,20,21)/t13-/m1/s1. The van der Waals surface area contributed by atoms with Crippen molar-refractivity contribution in [2.75, 3.05) is 26.3 Å². The lowest BCUT2D eigenvalue weighted by molar-refractivity contribution is -0.141. The number of carboxylic acids is 1. The maximum atomic E-state index is 12.0. The Hall–Kier alpha value is -2.24. The molecule has 0 saturated carbocycles. The first kappa shape index (κ1) is 17.1. The normalized spacial score (nSPS) is 17.1. The van der Waals surface area contributed by atoms with E-state index < -0.39 is 11.9 Å². The number of benzene rings is 1. The highest BCUT2D eigenvalue weighted by molar-refractivity contribution is 5.78. The minimum Gasteiger partial charge on any atom is -0.490 e. The Bertz CT molecular complexity index is 546. The molecule has 1 heterocycles. The van der Waals surface area contributed by atoms with Gasteiger partial charge in [0.25, 0.3) is 0 Å². The van der Waals surface area contributed by atoms with Gasteiger partial charge in [0.1, 0.15) is 0 Å². The number of carboxylic acid groups (broad SMARTS) is 1. The van der Waals surface area contributed by atoms with Crippen LogP contribution in [-0.4, -0.2) is 48.2 Å². The first-order valence-electron chi connectivity index (χ1n) is 7.97. The third-order valence-electron chi connectivity index (χ3n) is 3.83. The second kappa shape index (κ2) is 8.41. The Morgan fingerprint density at radius 1 is 1.26 bits per heavy atom. The molecule has 0 aromatic heterocycles. The van der Waals surface area contributed by atoms with Gasteiger partial charge in [0.15, 0.2) is 11.5 Å². The molecule has 23 heavy (non-hydrogen) atoms. The number of carbonyl (C=O) groups excluding carboxylic acids is 1. The summed E-state index contributed by atoms with van der Waals surface area (Å²) < 4.78 is 11.1. The van der Waals surface area contributed by atoms with Crippen molar-refractivity contribution in [1.82, 2.24) is 4.90 Å². The summed E-state index contributed by atoms with van der Waals surface area (Å²) in [6, 6.07) is 7.44. The van der Waals surface area contributed by atoms with Crippen LogP contribution in [0.5, 0.6) is 11.5 Å². The van der Waals surface area contributed by atoms with Crippen LogP contribution in [0.2, 0.25) is 0 Å². The van der Waals surface area contributed by atoms with Crippen LogP contribution in [0.4, 0.5) is 0 Å². The number of rotatable bonds is 8. The van der Waals surface area contributed by atoms with Crippen LogP contribution in [0.15, 0.2) is 24.3 Å². The molecule has 0 bridgehead atoms. The Balaban J connectivity index is 1.71. The van der Waals surface area contributed by atoms with E-state index >= 15 is 0 Å². The quantitative estimate of drug-likeness (QED) is 0.743. The lowest BCUT2D eigenvalue weighted by atomic mass is 10.1. The molecular formula is C17H23NO5. The number of hydrogen-bond acceptors (Lipinski definition) is 4. The number of amides is 1. The van der Waals surface area contributed by atoms with Crippen LogP contribution in [0, 0.1) is 5.92 Å². The van der Waals surface area contributed by atoms with Crippen LogP contribution in [0.3, 0.4) is 0 Å². The van der Waals surface area contributed by atoms with Crippen LogP contribution in [0.25, 0.3) is 0 Å². The SMILES string of the molecule is CCOc1ccccc1OCCCC(=O)N1CC[C@@H](C(=O)O)C1. The first-order chi connectivity index (χ1) is 11.1. The monoisotopic (exact) mass is 321 g/mol. The molecule has 1 aromatic carbocycles. The first-order valence-corrected chi connectivity index (χ1v) is 7.97. The van der Waals surface area contributed by atoms with Gasteiger partial charge in [0, 0.05) is 19.5 Å². The summed E-state index contributed by atoms with van der Waals surface area (Å²) in [7, 11) is 0. The highest BCUT2D eigenvalue weighted by Crippen LogP contribution is 2.26. The number of likely N-dealkylation sites (tertiary alicyclic amines) is 1. The van der Waals surface area contributed by atoms with Gasteiger partial charge in [-0.15, -0.1) is 0 Å². The number of carbonyl (C=O) groups is 2. The zero-order valence-electron chi connectivity index (χ0n) is 13.4. The van der Waals surface area contributed by atoms with Crippen molar-refractivity contribution >= 4 is 11.9 Å². The van der Waals surface area contributed by atoms with E-state index in [1.165, 1.54) is 0 Å². The van der Waals surface area contributed by atoms with Crippen LogP contribution in [-0.2, 0) is 9.59 Å². The third-order valence-corrected chi connectivity index (χ3v) is 3.83. The summed E-state index contributed by atoms with van der Waals surface area (Å²) in [6.45, 7) is 3.76. The van der Waals surface area contributed by atoms with Crippen LogP contribution < -0.4 is 9.47 Å². The molecule has 2 rings (SSSR count). The molecular weight excluding hydrogens is 298 g/mol. The van der Waals surface area contributed by atoms with Gasteiger partial charge in [0.2, 0.25) is 5.91 Å². The summed E-state index contributed by atoms with van der Waals surface area (Å²) in [6.07, 6.45) is 1.50. The molecule has 1 fully saturated rings. The smallest absolute Gasteiger partial charge is 0.308 e. The maximum absolute atomic E-state index is 12.0. The van der Waals surface area contributed by atoms with E-state index in [1.54, 1.807) is 4.90 Å². The van der Waals surface area contributed by atoms with E-state index in [2.05, 4.69) is 0 Å². The maximum Gasteiger partial charge on any atom is 0.308 e. The van der Waals surface area contributed by atoms with Crippen LogP contribution in [0.1, 0.15) is 26.2 Å². The Morgan fingerprint density at radius 2 is 1.96 bits per heavy atom. The van der Waals surface area contributed by atoms with Crippen molar-refractivity contribution in [3.8, 4) is 11.5 Å². The molecule has 0 spiro atoms. The number of hydrogen-bond donors (Lipinski definition) is 1. The minimum absolute atomic E-state index is 0.00422. The molecule has 0 aliphatic carbocycles. The third kappa shape index (κ3) is 4.87. The number of aliphatic carboxylic acids is 1. The average Bonchev–Trinajstić information content (AvgIpc) is 3.03. The highest BCUT2D eigenvalue weighted by Gasteiger charge is 2.30. The minimum atomic E-state index is -0.823. The van der Waals surface area contributed by atoms with Crippen molar-refractivity contribution in [3.05, 3.63) is 24.3 Å². The van der Waals surface area contributed by atoms with Gasteiger partial charge < -0.3 is 19.5 Å². The Morgan fingerprint density at radius 3 is 2.57 bits per heavy atom. The summed E-state index contributed by atoms with van der Waals surface area (Å²) in [5, 5.41) is 8.95. The van der Waals surface area contributed by atoms with Crippen molar-refractivity contribution in [1.29, 1.82) is 0 Å². The second-order valence-corrected chi connectivity index (χ2v) is 5.50. The fraction of sp³-hybridized carbons (Fsp3) is 0.529. The Labute approximate surface area is 136 Å². The summed E-state index contributed by atoms with van der Waals surface area (Å²) in [5.41, 5.74) is 0. The van der Waals surface area contributed by atoms with Gasteiger partial charge in [-0.1, -0.05) is 12.1 Å². The molecule has 1 saturated heterocycles. The van der Waals surface area contributed by atoms with Gasteiger partial charge in [0.05, 0.1) is 19.1 Å². The van der Waals surface area contributed by atoms with E-state index in [-0.39, 0.29) is 5.91 Å². The lowest BCUT2D eigenvalue weighted by Crippen LogP contribution is -2.30. The van der Waals surface area contributed by atoms with Crippen molar-refractivity contribution in [2.45, 2.75) is 26.2 Å². The summed E-state index contributed by atoms with van der Waals surface area (Å²) in [5.74, 6) is 0.124. The van der Waals surface area contributed by atoms with E-state index in [0.29, 0.717) is 57.1 Å². The topological polar surface area (TPSA) is 76.1 Å². The van der Waals surface area contributed by atoms with Gasteiger partial charge in [-0.05, 0) is 31.9 Å². The number of para-hydroxylation sites is 2. The lowest BCUT2D eigenvalue weighted by Gasteiger charge is -2.16. The zero-order chi connectivity index (χ0) is 16.7. The largest absolute Gasteiger partial charge is 0.490 e. The molecule has 0 radical (unpaired) electrons. The second-order valence-electron chi connectivity index (χ2n) is 5.50. The van der Waals surface area contributed by atoms with Crippen LogP contribution >= 0.6 is 0 Å². The highest BCUT2D eigenvalue weighted by atomic mass is 16.5. The Kier molecular flexibility index (Phi) is 6.26. The molecule has 1 N–H and O–H groups in total. The average molecular weight is 321 g/mol. The molecule has 1 amide bonds. The summed E-state index contributed by atoms with van der Waals surface area (Å²) >= 11 is 0. The predicted octanol–water partition coefficient (Wildman–Crippen LogP) is 2.18. The molecule has 1 atom stereocenters. The number of nitrogens with zero attached hydrogens (tertiary/aromatic N) is 1. The zero-order valence-corrected chi connectivity index (χ0v) is 13.4. The van der Waals surface area contributed by atoms with E-state index in [4.69, 9.17) is 14.6 Å². The predicted molar refractivity (Wildman–Crippen MR) is 84.7 cm³/mol. The van der Waals surface area contributed by atoms with Gasteiger partial charge in [-0.2, -0.15) is 0 Å². The summed E-state index contributed by atoms with van der Waals surface area (Å²) in [4.78, 5) is 24.6. The van der Waals surface area contributed by atoms with Gasteiger partial charge in [-0.3, -0.25) is 9.59 Å². The molecule has 1 aliphatic heterocycles.